The minimum absolute atomic E-state index is 0.297. The molecule has 0 saturated heterocycles. The Labute approximate surface area is 94.9 Å². The largest absolute Gasteiger partial charge is 0.199 e. The Morgan fingerprint density at radius 3 is 2.94 bits per heavy atom. The van der Waals surface area contributed by atoms with Crippen LogP contribution in [0.4, 0.5) is 0 Å². The molecule has 0 radical (unpaired) electrons. The van der Waals surface area contributed by atoms with Gasteiger partial charge < -0.3 is 0 Å². The van der Waals surface area contributed by atoms with Crippen molar-refractivity contribution in [1.82, 2.24) is 20.0 Å². The van der Waals surface area contributed by atoms with E-state index in [1.54, 1.807) is 0 Å². The zero-order valence-corrected chi connectivity index (χ0v) is 8.68. The minimum atomic E-state index is 0.297. The van der Waals surface area contributed by atoms with Gasteiger partial charge in [-0.1, -0.05) is 29.8 Å². The quantitative estimate of drug-likeness (QED) is 0.590. The summed E-state index contributed by atoms with van der Waals surface area (Å²) in [6.07, 6.45) is 0. The van der Waals surface area contributed by atoms with Crippen LogP contribution in [0.1, 0.15) is 5.56 Å². The van der Waals surface area contributed by atoms with Crippen LogP contribution >= 0.6 is 11.6 Å². The fraction of sp³-hybridized carbons (Fsp3) is 0. The van der Waals surface area contributed by atoms with Gasteiger partial charge in [0.1, 0.15) is 11.6 Å². The first-order chi connectivity index (χ1) is 7.83. The third-order valence-electron chi connectivity index (χ3n) is 2.39. The molecule has 0 bridgehead atoms. The van der Waals surface area contributed by atoms with E-state index in [0.29, 0.717) is 16.2 Å². The number of para-hydroxylation sites is 1. The predicted molar refractivity (Wildman–Crippen MR) is 58.0 cm³/mol. The lowest BCUT2D eigenvalue weighted by Gasteiger charge is -2.03. The molecule has 0 fully saturated rings. The molecule has 76 valence electrons. The summed E-state index contributed by atoms with van der Waals surface area (Å²) in [5.41, 5.74) is 1.46. The number of benzene rings is 1. The number of hydrogen-bond acceptors (Lipinski definition) is 4. The lowest BCUT2D eigenvalue weighted by atomic mass is 10.1. The van der Waals surface area contributed by atoms with Crippen molar-refractivity contribution in [3.8, 4) is 6.07 Å². The molecule has 0 aliphatic carbocycles. The summed E-state index contributed by atoms with van der Waals surface area (Å²) in [5.74, 6) is 0. The number of fused-ring (bicyclic) bond motifs is 3. The average Bonchev–Trinajstić information content (AvgIpc) is 2.79. The Morgan fingerprint density at radius 2 is 2.12 bits per heavy atom. The second kappa shape index (κ2) is 3.15. The van der Waals surface area contributed by atoms with E-state index in [9.17, 15) is 0 Å². The molecule has 0 aliphatic rings. The van der Waals surface area contributed by atoms with E-state index in [1.165, 1.54) is 4.52 Å². The molecular formula is C10H4ClN5. The van der Waals surface area contributed by atoms with E-state index in [1.807, 2.05) is 30.3 Å². The number of halogens is 1. The Bertz CT molecular complexity index is 740. The molecule has 1 aromatic carbocycles. The molecule has 0 N–H and O–H groups in total. The van der Waals surface area contributed by atoms with Crippen LogP contribution in [0.2, 0.25) is 5.02 Å². The van der Waals surface area contributed by atoms with Crippen molar-refractivity contribution in [2.24, 2.45) is 0 Å². The van der Waals surface area contributed by atoms with Gasteiger partial charge in [-0.2, -0.15) is 9.78 Å². The lowest BCUT2D eigenvalue weighted by molar-refractivity contribution is 0.841. The topological polar surface area (TPSA) is 66.9 Å². The number of aromatic nitrogens is 4. The standard InChI is InChI=1S/C10H4ClN5/c11-9-6-3-1-2-4-8(6)16-10(7(9)5-12)13-14-15-16/h1-4H. The number of rotatable bonds is 0. The molecule has 0 aliphatic heterocycles. The van der Waals surface area contributed by atoms with Crippen LogP contribution in [0.25, 0.3) is 16.6 Å². The molecule has 0 amide bonds. The molecule has 2 heterocycles. The second-order valence-corrected chi connectivity index (χ2v) is 3.61. The summed E-state index contributed by atoms with van der Waals surface area (Å²) in [6.45, 7) is 0. The fourth-order valence-corrected chi connectivity index (χ4v) is 1.97. The van der Waals surface area contributed by atoms with Gasteiger partial charge in [-0.25, -0.2) is 0 Å². The highest BCUT2D eigenvalue weighted by atomic mass is 35.5. The summed E-state index contributed by atoms with van der Waals surface area (Å²) < 4.78 is 1.51. The number of hydrogen-bond donors (Lipinski definition) is 0. The van der Waals surface area contributed by atoms with Gasteiger partial charge in [-0.15, -0.1) is 5.10 Å². The van der Waals surface area contributed by atoms with Crippen LogP contribution in [0.3, 0.4) is 0 Å². The smallest absolute Gasteiger partial charge is 0.192 e. The SMILES string of the molecule is N#Cc1c(Cl)c2ccccc2n2nnnc12. The summed E-state index contributed by atoms with van der Waals surface area (Å²) in [4.78, 5) is 0. The van der Waals surface area contributed by atoms with Gasteiger partial charge in [-0.05, 0) is 16.5 Å². The molecule has 0 saturated carbocycles. The molecule has 3 aromatic rings. The molecule has 0 atom stereocenters. The maximum Gasteiger partial charge on any atom is 0.199 e. The fourth-order valence-electron chi connectivity index (χ4n) is 1.68. The highest BCUT2D eigenvalue weighted by molar-refractivity contribution is 6.37. The monoisotopic (exact) mass is 229 g/mol. The first-order valence-corrected chi connectivity index (χ1v) is 4.89. The van der Waals surface area contributed by atoms with Gasteiger partial charge in [0.25, 0.3) is 0 Å². The van der Waals surface area contributed by atoms with Gasteiger partial charge in [0, 0.05) is 5.39 Å². The summed E-state index contributed by atoms with van der Waals surface area (Å²) in [5, 5.41) is 21.4. The van der Waals surface area contributed by atoms with Gasteiger partial charge in [-0.3, -0.25) is 0 Å². The second-order valence-electron chi connectivity index (χ2n) is 3.23. The van der Waals surface area contributed by atoms with Crippen LogP contribution in [0.15, 0.2) is 24.3 Å². The molecule has 5 nitrogen and oxygen atoms in total. The Balaban J connectivity index is 2.70. The zero-order chi connectivity index (χ0) is 11.1. The normalized spacial score (nSPS) is 10.8. The van der Waals surface area contributed by atoms with Crippen molar-refractivity contribution in [2.45, 2.75) is 0 Å². The van der Waals surface area contributed by atoms with Gasteiger partial charge in [0.05, 0.1) is 10.5 Å². The maximum atomic E-state index is 9.05. The average molecular weight is 230 g/mol. The molecule has 0 unspecified atom stereocenters. The number of nitriles is 1. The lowest BCUT2D eigenvalue weighted by Crippen LogP contribution is -1.95. The first-order valence-electron chi connectivity index (χ1n) is 4.51. The third-order valence-corrected chi connectivity index (χ3v) is 2.79. The molecule has 6 heteroatoms. The maximum absolute atomic E-state index is 9.05. The van der Waals surface area contributed by atoms with Crippen molar-refractivity contribution >= 4 is 28.2 Å². The molecular weight excluding hydrogens is 226 g/mol. The number of nitrogens with zero attached hydrogens (tertiary/aromatic N) is 5. The van der Waals surface area contributed by atoms with E-state index >= 15 is 0 Å². The van der Waals surface area contributed by atoms with Crippen LogP contribution in [0.5, 0.6) is 0 Å². The van der Waals surface area contributed by atoms with Gasteiger partial charge in [0.2, 0.25) is 0 Å². The number of pyridine rings is 1. The van der Waals surface area contributed by atoms with Crippen molar-refractivity contribution in [3.05, 3.63) is 34.9 Å². The minimum Gasteiger partial charge on any atom is -0.192 e. The highest BCUT2D eigenvalue weighted by Gasteiger charge is 2.14. The number of tetrazole rings is 1. The van der Waals surface area contributed by atoms with E-state index in [2.05, 4.69) is 15.5 Å². The van der Waals surface area contributed by atoms with Crippen LogP contribution in [-0.4, -0.2) is 20.0 Å². The molecule has 0 spiro atoms. The van der Waals surface area contributed by atoms with Crippen LogP contribution in [0, 0.1) is 11.3 Å². The van der Waals surface area contributed by atoms with Crippen molar-refractivity contribution < 1.29 is 0 Å². The van der Waals surface area contributed by atoms with Crippen molar-refractivity contribution in [1.29, 1.82) is 5.26 Å². The van der Waals surface area contributed by atoms with E-state index in [-0.39, 0.29) is 0 Å². The molecule has 3 rings (SSSR count). The van der Waals surface area contributed by atoms with Gasteiger partial charge >= 0.3 is 0 Å². The Hall–Kier alpha value is -2.19. The Morgan fingerprint density at radius 1 is 1.31 bits per heavy atom. The van der Waals surface area contributed by atoms with E-state index in [0.717, 1.165) is 10.9 Å². The molecule has 16 heavy (non-hydrogen) atoms. The zero-order valence-electron chi connectivity index (χ0n) is 7.92. The summed E-state index contributed by atoms with van der Waals surface area (Å²) >= 11 is 6.15. The van der Waals surface area contributed by atoms with Crippen molar-refractivity contribution in [3.63, 3.8) is 0 Å². The van der Waals surface area contributed by atoms with E-state index in [4.69, 9.17) is 16.9 Å². The molecule has 2 aromatic heterocycles. The van der Waals surface area contributed by atoms with Gasteiger partial charge in [0.15, 0.2) is 5.65 Å². The van der Waals surface area contributed by atoms with Crippen LogP contribution in [-0.2, 0) is 0 Å². The van der Waals surface area contributed by atoms with Crippen LogP contribution < -0.4 is 0 Å². The predicted octanol–water partition coefficient (Wildman–Crippen LogP) is 1.80. The Kier molecular flexibility index (Phi) is 1.79. The van der Waals surface area contributed by atoms with Crippen molar-refractivity contribution in [2.75, 3.05) is 0 Å². The third kappa shape index (κ3) is 1.02. The van der Waals surface area contributed by atoms with E-state index < -0.39 is 0 Å². The summed E-state index contributed by atoms with van der Waals surface area (Å²) in [7, 11) is 0. The highest BCUT2D eigenvalue weighted by Crippen LogP contribution is 2.28. The summed E-state index contributed by atoms with van der Waals surface area (Å²) in [6, 6.07) is 9.43. The first kappa shape index (κ1) is 9.07.